The zero-order valence-corrected chi connectivity index (χ0v) is 7.77. The van der Waals surface area contributed by atoms with Gasteiger partial charge in [0, 0.05) is 11.3 Å². The second-order valence-corrected chi connectivity index (χ2v) is 3.22. The molecular weight excluding hydrogens is 180 g/mol. The highest BCUT2D eigenvalue weighted by atomic mass is 16.5. The van der Waals surface area contributed by atoms with Gasteiger partial charge in [0.05, 0.1) is 0 Å². The van der Waals surface area contributed by atoms with E-state index in [4.69, 9.17) is 5.21 Å². The van der Waals surface area contributed by atoms with E-state index in [-0.39, 0.29) is 0 Å². The van der Waals surface area contributed by atoms with Crippen molar-refractivity contribution in [2.45, 2.75) is 25.7 Å². The lowest BCUT2D eigenvalue weighted by atomic mass is 9.97. The molecule has 2 rings (SSSR count). The van der Waals surface area contributed by atoms with Crippen molar-refractivity contribution < 1.29 is 5.21 Å². The Morgan fingerprint density at radius 3 is 3.07 bits per heavy atom. The Morgan fingerprint density at radius 2 is 2.21 bits per heavy atom. The quantitative estimate of drug-likeness (QED) is 0.416. The summed E-state index contributed by atoms with van der Waals surface area (Å²) in [6.45, 7) is 0. The van der Waals surface area contributed by atoms with E-state index in [1.54, 1.807) is 0 Å². The van der Waals surface area contributed by atoms with E-state index in [2.05, 4.69) is 15.0 Å². The lowest BCUT2D eigenvalue weighted by molar-refractivity contribution is 0.240. The predicted molar refractivity (Wildman–Crippen MR) is 51.7 cm³/mol. The van der Waals surface area contributed by atoms with Crippen LogP contribution >= 0.6 is 0 Å². The molecule has 1 aliphatic carbocycles. The Bertz CT molecular complexity index is 351. The van der Waals surface area contributed by atoms with Crippen LogP contribution in [0.5, 0.6) is 0 Å². The maximum absolute atomic E-state index is 8.39. The molecule has 1 aromatic heterocycles. The predicted octanol–water partition coefficient (Wildman–Crippen LogP) is 0.994. The first kappa shape index (κ1) is 9.08. The molecule has 14 heavy (non-hydrogen) atoms. The average molecular weight is 192 g/mol. The molecule has 0 radical (unpaired) electrons. The highest BCUT2D eigenvalue weighted by Crippen LogP contribution is 2.25. The van der Waals surface area contributed by atoms with E-state index in [1.807, 2.05) is 5.48 Å². The molecule has 0 amide bonds. The minimum absolute atomic E-state index is 0.663. The van der Waals surface area contributed by atoms with E-state index in [0.29, 0.717) is 5.82 Å². The van der Waals surface area contributed by atoms with E-state index in [1.165, 1.54) is 19.1 Å². The van der Waals surface area contributed by atoms with Crippen LogP contribution in [0, 0.1) is 0 Å². The molecule has 0 aromatic carbocycles. The van der Waals surface area contributed by atoms with Crippen LogP contribution in [0.1, 0.15) is 24.1 Å². The molecule has 74 valence electrons. The topological polar surface area (TPSA) is 70.4 Å². The van der Waals surface area contributed by atoms with Gasteiger partial charge >= 0.3 is 0 Å². The number of aromatic nitrogens is 2. The number of hydrogen-bond acceptors (Lipinski definition) is 4. The van der Waals surface area contributed by atoms with Crippen LogP contribution < -0.4 is 5.48 Å². The molecular formula is C9H12N4O. The summed E-state index contributed by atoms with van der Waals surface area (Å²) in [7, 11) is 0. The normalized spacial score (nSPS) is 15.5. The van der Waals surface area contributed by atoms with E-state index in [0.717, 1.165) is 30.5 Å². The lowest BCUT2D eigenvalue weighted by Gasteiger charge is -2.14. The molecule has 5 heteroatoms. The van der Waals surface area contributed by atoms with Gasteiger partial charge in [0.15, 0.2) is 5.82 Å². The van der Waals surface area contributed by atoms with Gasteiger partial charge in [-0.3, -0.25) is 10.7 Å². The van der Waals surface area contributed by atoms with Crippen molar-refractivity contribution in [3.63, 3.8) is 0 Å². The fourth-order valence-corrected chi connectivity index (χ4v) is 1.71. The molecule has 1 heterocycles. The molecule has 0 atom stereocenters. The van der Waals surface area contributed by atoms with Crippen LogP contribution in [0.4, 0.5) is 5.82 Å². The first-order valence-electron chi connectivity index (χ1n) is 4.66. The van der Waals surface area contributed by atoms with Crippen LogP contribution in [0.25, 0.3) is 0 Å². The first-order valence-corrected chi connectivity index (χ1v) is 4.66. The number of rotatable bonds is 2. The number of nitrogens with one attached hydrogen (secondary N) is 1. The summed E-state index contributed by atoms with van der Waals surface area (Å²) in [5.74, 6) is 0.663. The van der Waals surface area contributed by atoms with Crippen molar-refractivity contribution in [3.05, 3.63) is 17.6 Å². The monoisotopic (exact) mass is 192 g/mol. The molecule has 0 fully saturated rings. The van der Waals surface area contributed by atoms with Crippen LogP contribution in [0.15, 0.2) is 11.3 Å². The largest absolute Gasteiger partial charge is 0.290 e. The zero-order chi connectivity index (χ0) is 9.80. The Kier molecular flexibility index (Phi) is 2.69. The summed E-state index contributed by atoms with van der Waals surface area (Å²) in [5, 5.41) is 8.39. The number of aliphatic imine (C=N–C) groups is 1. The van der Waals surface area contributed by atoms with Gasteiger partial charge in [-0.2, -0.15) is 0 Å². The number of aryl methyl sites for hydroxylation is 1. The van der Waals surface area contributed by atoms with E-state index < -0.39 is 0 Å². The summed E-state index contributed by atoms with van der Waals surface area (Å²) in [6, 6.07) is 0. The van der Waals surface area contributed by atoms with Crippen LogP contribution in [0.3, 0.4) is 0 Å². The van der Waals surface area contributed by atoms with Crippen LogP contribution in [0.2, 0.25) is 0 Å². The Hall–Kier alpha value is -1.49. The maximum atomic E-state index is 8.39. The van der Waals surface area contributed by atoms with Gasteiger partial charge < -0.3 is 0 Å². The van der Waals surface area contributed by atoms with Crippen molar-refractivity contribution in [3.8, 4) is 0 Å². The first-order chi connectivity index (χ1) is 6.92. The summed E-state index contributed by atoms with van der Waals surface area (Å²) < 4.78 is 0. The number of hydroxylamine groups is 1. The van der Waals surface area contributed by atoms with Crippen molar-refractivity contribution >= 4 is 12.2 Å². The smallest absolute Gasteiger partial charge is 0.160 e. The molecule has 0 unspecified atom stereocenters. The van der Waals surface area contributed by atoms with Gasteiger partial charge in [-0.05, 0) is 25.7 Å². The standard InChI is InChI=1S/C9H12N4O/c14-13-6-12-9-7-3-1-2-4-8(7)10-5-11-9/h5-6,14H,1-4H2,(H,10,11,12,13). The SMILES string of the molecule is ONC=Nc1ncnc2c1CCCC2. The van der Waals surface area contributed by atoms with Crippen molar-refractivity contribution in [2.24, 2.45) is 4.99 Å². The molecule has 1 aromatic rings. The zero-order valence-electron chi connectivity index (χ0n) is 7.77. The van der Waals surface area contributed by atoms with Crippen molar-refractivity contribution in [2.75, 3.05) is 0 Å². The van der Waals surface area contributed by atoms with Crippen LogP contribution in [-0.2, 0) is 12.8 Å². The minimum Gasteiger partial charge on any atom is -0.290 e. The number of hydrogen-bond donors (Lipinski definition) is 2. The molecule has 5 nitrogen and oxygen atoms in total. The minimum atomic E-state index is 0.663. The van der Waals surface area contributed by atoms with E-state index in [9.17, 15) is 0 Å². The number of fused-ring (bicyclic) bond motifs is 1. The fourth-order valence-electron chi connectivity index (χ4n) is 1.71. The molecule has 0 aliphatic heterocycles. The van der Waals surface area contributed by atoms with Gasteiger partial charge in [-0.15, -0.1) is 0 Å². The molecule has 1 aliphatic rings. The van der Waals surface area contributed by atoms with Gasteiger partial charge in [-0.1, -0.05) is 0 Å². The summed E-state index contributed by atoms with van der Waals surface area (Å²) in [5.41, 5.74) is 4.08. The molecule has 0 saturated carbocycles. The lowest BCUT2D eigenvalue weighted by Crippen LogP contribution is -2.07. The van der Waals surface area contributed by atoms with Crippen molar-refractivity contribution in [1.82, 2.24) is 15.4 Å². The van der Waals surface area contributed by atoms with Gasteiger partial charge in [0.25, 0.3) is 0 Å². The average Bonchev–Trinajstić information content (AvgIpc) is 2.26. The second-order valence-electron chi connectivity index (χ2n) is 3.22. The Morgan fingerprint density at radius 1 is 1.36 bits per heavy atom. The third-order valence-corrected chi connectivity index (χ3v) is 2.35. The fraction of sp³-hybridized carbons (Fsp3) is 0.444. The Balaban J connectivity index is 2.35. The Labute approximate surface area is 81.9 Å². The third kappa shape index (κ3) is 1.72. The highest BCUT2D eigenvalue weighted by molar-refractivity contribution is 5.59. The summed E-state index contributed by atoms with van der Waals surface area (Å²) in [6.07, 6.45) is 7.08. The molecule has 0 bridgehead atoms. The second kappa shape index (κ2) is 4.15. The highest BCUT2D eigenvalue weighted by Gasteiger charge is 2.14. The van der Waals surface area contributed by atoms with E-state index >= 15 is 0 Å². The van der Waals surface area contributed by atoms with Gasteiger partial charge in [0.1, 0.15) is 12.7 Å². The van der Waals surface area contributed by atoms with Gasteiger partial charge in [-0.25, -0.2) is 15.0 Å². The summed E-state index contributed by atoms with van der Waals surface area (Å²) >= 11 is 0. The summed E-state index contributed by atoms with van der Waals surface area (Å²) in [4.78, 5) is 12.3. The number of nitrogens with zero attached hydrogens (tertiary/aromatic N) is 3. The van der Waals surface area contributed by atoms with Crippen molar-refractivity contribution in [1.29, 1.82) is 0 Å². The van der Waals surface area contributed by atoms with Crippen LogP contribution in [-0.4, -0.2) is 21.5 Å². The van der Waals surface area contributed by atoms with Gasteiger partial charge in [0.2, 0.25) is 0 Å². The third-order valence-electron chi connectivity index (χ3n) is 2.35. The molecule has 0 spiro atoms. The maximum Gasteiger partial charge on any atom is 0.160 e. The molecule has 0 saturated heterocycles. The molecule has 2 N–H and O–H groups in total.